The van der Waals surface area contributed by atoms with Crippen LogP contribution in [0.1, 0.15) is 26.7 Å². The number of nitrogens with zero attached hydrogens (tertiary/aromatic N) is 3. The van der Waals surface area contributed by atoms with Gasteiger partial charge in [0.05, 0.1) is 0 Å². The van der Waals surface area contributed by atoms with Crippen LogP contribution in [0.4, 0.5) is 0 Å². The molecule has 0 aromatic rings. The summed E-state index contributed by atoms with van der Waals surface area (Å²) in [6, 6.07) is 0.332. The quantitative estimate of drug-likeness (QED) is 0.462. The second-order valence-corrected chi connectivity index (χ2v) is 4.52. The van der Waals surface area contributed by atoms with Crippen molar-refractivity contribution in [2.24, 2.45) is 4.99 Å². The van der Waals surface area contributed by atoms with Crippen LogP contribution in [-0.2, 0) is 4.79 Å². The molecule has 18 heavy (non-hydrogen) atoms. The van der Waals surface area contributed by atoms with Crippen molar-refractivity contribution in [1.82, 2.24) is 15.1 Å². The molecule has 106 valence electrons. The SMILES string of the molecule is CCN=C(NC1CCN(C(=O)CC)C1)N(C)C.I. The molecule has 1 heterocycles. The second-order valence-electron chi connectivity index (χ2n) is 4.52. The van der Waals surface area contributed by atoms with Crippen molar-refractivity contribution in [1.29, 1.82) is 0 Å². The molecule has 1 rings (SSSR count). The molecule has 0 aromatic heterocycles. The largest absolute Gasteiger partial charge is 0.352 e. The van der Waals surface area contributed by atoms with Gasteiger partial charge >= 0.3 is 0 Å². The van der Waals surface area contributed by atoms with Crippen LogP contribution >= 0.6 is 24.0 Å². The lowest BCUT2D eigenvalue weighted by Crippen LogP contribution is -2.44. The van der Waals surface area contributed by atoms with Crippen LogP contribution in [0, 0.1) is 0 Å². The molecule has 1 amide bonds. The summed E-state index contributed by atoms with van der Waals surface area (Å²) >= 11 is 0. The van der Waals surface area contributed by atoms with Gasteiger partial charge < -0.3 is 15.1 Å². The number of hydrogen-bond acceptors (Lipinski definition) is 2. The van der Waals surface area contributed by atoms with Crippen LogP contribution in [0.3, 0.4) is 0 Å². The van der Waals surface area contributed by atoms with Crippen LogP contribution < -0.4 is 5.32 Å². The first-order valence-corrected chi connectivity index (χ1v) is 6.34. The summed E-state index contributed by atoms with van der Waals surface area (Å²) in [4.78, 5) is 19.9. The monoisotopic (exact) mass is 368 g/mol. The minimum atomic E-state index is 0. The molecule has 0 aromatic carbocycles. The van der Waals surface area contributed by atoms with Gasteiger partial charge in [-0.15, -0.1) is 24.0 Å². The van der Waals surface area contributed by atoms with Gasteiger partial charge in [0.2, 0.25) is 5.91 Å². The molecule has 1 N–H and O–H groups in total. The van der Waals surface area contributed by atoms with E-state index in [4.69, 9.17) is 0 Å². The fraction of sp³-hybridized carbons (Fsp3) is 0.833. The normalized spacial score (nSPS) is 19.4. The molecule has 0 aliphatic carbocycles. The number of carbonyl (C=O) groups excluding carboxylic acids is 1. The van der Waals surface area contributed by atoms with Gasteiger partial charge in [-0.2, -0.15) is 0 Å². The molecule has 1 aliphatic rings. The lowest BCUT2D eigenvalue weighted by atomic mass is 10.3. The van der Waals surface area contributed by atoms with E-state index >= 15 is 0 Å². The second kappa shape index (κ2) is 8.55. The Morgan fingerprint density at radius 1 is 1.44 bits per heavy atom. The van der Waals surface area contributed by atoms with Gasteiger partial charge in [0.1, 0.15) is 0 Å². The van der Waals surface area contributed by atoms with Gasteiger partial charge in [-0.1, -0.05) is 6.92 Å². The Kier molecular flexibility index (Phi) is 8.30. The van der Waals surface area contributed by atoms with E-state index in [1.807, 2.05) is 37.7 Å². The van der Waals surface area contributed by atoms with Gasteiger partial charge in [0.15, 0.2) is 5.96 Å². The molecule has 1 saturated heterocycles. The summed E-state index contributed by atoms with van der Waals surface area (Å²) in [7, 11) is 3.96. The molecule has 5 nitrogen and oxygen atoms in total. The zero-order chi connectivity index (χ0) is 12.8. The molecule has 6 heteroatoms. The number of likely N-dealkylation sites (tertiary alicyclic amines) is 1. The van der Waals surface area contributed by atoms with E-state index in [1.54, 1.807) is 0 Å². The highest BCUT2D eigenvalue weighted by Gasteiger charge is 2.25. The van der Waals surface area contributed by atoms with Gasteiger partial charge in [0.25, 0.3) is 0 Å². The Bertz CT molecular complexity index is 294. The molecule has 1 aliphatic heterocycles. The number of guanidine groups is 1. The highest BCUT2D eigenvalue weighted by Crippen LogP contribution is 2.10. The summed E-state index contributed by atoms with van der Waals surface area (Å²) in [6.07, 6.45) is 1.60. The third-order valence-corrected chi connectivity index (χ3v) is 2.91. The number of carbonyl (C=O) groups is 1. The predicted octanol–water partition coefficient (Wildman–Crippen LogP) is 1.14. The Morgan fingerprint density at radius 2 is 2.11 bits per heavy atom. The van der Waals surface area contributed by atoms with E-state index in [0.29, 0.717) is 12.5 Å². The zero-order valence-corrected chi connectivity index (χ0v) is 14.1. The van der Waals surface area contributed by atoms with Crippen molar-refractivity contribution in [3.05, 3.63) is 0 Å². The number of aliphatic imine (C=N–C) groups is 1. The summed E-state index contributed by atoms with van der Waals surface area (Å²) in [6.45, 7) is 6.35. The Morgan fingerprint density at radius 3 is 2.61 bits per heavy atom. The number of rotatable bonds is 3. The van der Waals surface area contributed by atoms with E-state index in [1.165, 1.54) is 0 Å². The van der Waals surface area contributed by atoms with Crippen molar-refractivity contribution >= 4 is 35.8 Å². The summed E-state index contributed by atoms with van der Waals surface area (Å²) in [5, 5.41) is 3.41. The van der Waals surface area contributed by atoms with Crippen LogP contribution in [0.5, 0.6) is 0 Å². The highest BCUT2D eigenvalue weighted by atomic mass is 127. The predicted molar refractivity (Wildman–Crippen MR) is 85.5 cm³/mol. The zero-order valence-electron chi connectivity index (χ0n) is 11.8. The maximum absolute atomic E-state index is 11.6. The van der Waals surface area contributed by atoms with E-state index in [-0.39, 0.29) is 29.9 Å². The smallest absolute Gasteiger partial charge is 0.222 e. The third-order valence-electron chi connectivity index (χ3n) is 2.91. The minimum Gasteiger partial charge on any atom is -0.352 e. The topological polar surface area (TPSA) is 47.9 Å². The van der Waals surface area contributed by atoms with Crippen molar-refractivity contribution in [3.8, 4) is 0 Å². The lowest BCUT2D eigenvalue weighted by Gasteiger charge is -2.22. The maximum atomic E-state index is 11.6. The lowest BCUT2D eigenvalue weighted by molar-refractivity contribution is -0.129. The standard InChI is InChI=1S/C12H24N4O.HI/c1-5-11(17)16-8-7-10(9-16)14-12(13-6-2)15(3)4;/h10H,5-9H2,1-4H3,(H,13,14);1H. The molecular formula is C12H25IN4O. The van der Waals surface area contributed by atoms with Crippen molar-refractivity contribution in [3.63, 3.8) is 0 Å². The third kappa shape index (κ3) is 4.99. The van der Waals surface area contributed by atoms with Crippen LogP contribution in [0.2, 0.25) is 0 Å². The van der Waals surface area contributed by atoms with Crippen molar-refractivity contribution in [2.45, 2.75) is 32.7 Å². The maximum Gasteiger partial charge on any atom is 0.222 e. The summed E-state index contributed by atoms with van der Waals surface area (Å²) in [5.74, 6) is 1.15. The summed E-state index contributed by atoms with van der Waals surface area (Å²) < 4.78 is 0. The number of hydrogen-bond donors (Lipinski definition) is 1. The first-order chi connectivity index (χ1) is 8.08. The number of nitrogens with one attached hydrogen (secondary N) is 1. The molecule has 1 fully saturated rings. The Balaban J connectivity index is 0.00000289. The first kappa shape index (κ1) is 17.5. The van der Waals surface area contributed by atoms with E-state index in [2.05, 4.69) is 10.3 Å². The fourth-order valence-corrected chi connectivity index (χ4v) is 1.98. The van der Waals surface area contributed by atoms with Gasteiger partial charge in [-0.05, 0) is 13.3 Å². The van der Waals surface area contributed by atoms with Crippen LogP contribution in [-0.4, -0.2) is 61.4 Å². The average molecular weight is 368 g/mol. The Hall–Kier alpha value is -0.530. The molecule has 0 spiro atoms. The molecule has 1 atom stereocenters. The number of halogens is 1. The first-order valence-electron chi connectivity index (χ1n) is 6.34. The molecule has 0 saturated carbocycles. The van der Waals surface area contributed by atoms with Gasteiger partial charge in [-0.3, -0.25) is 9.79 Å². The van der Waals surface area contributed by atoms with Crippen molar-refractivity contribution in [2.75, 3.05) is 33.7 Å². The Labute approximate surface area is 127 Å². The molecule has 1 unspecified atom stereocenters. The van der Waals surface area contributed by atoms with E-state index in [0.717, 1.165) is 32.0 Å². The van der Waals surface area contributed by atoms with E-state index in [9.17, 15) is 4.79 Å². The van der Waals surface area contributed by atoms with E-state index < -0.39 is 0 Å². The average Bonchev–Trinajstić information content (AvgIpc) is 2.76. The van der Waals surface area contributed by atoms with Crippen molar-refractivity contribution < 1.29 is 4.79 Å². The van der Waals surface area contributed by atoms with Gasteiger partial charge in [-0.25, -0.2) is 0 Å². The van der Waals surface area contributed by atoms with Crippen LogP contribution in [0.25, 0.3) is 0 Å². The molecule has 0 radical (unpaired) electrons. The molecule has 0 bridgehead atoms. The molecular weight excluding hydrogens is 343 g/mol. The number of amides is 1. The van der Waals surface area contributed by atoms with Crippen LogP contribution in [0.15, 0.2) is 4.99 Å². The fourth-order valence-electron chi connectivity index (χ4n) is 1.98. The summed E-state index contributed by atoms with van der Waals surface area (Å²) in [5.41, 5.74) is 0. The highest BCUT2D eigenvalue weighted by molar-refractivity contribution is 14.0. The minimum absolute atomic E-state index is 0. The van der Waals surface area contributed by atoms with Gasteiger partial charge in [0, 0.05) is 46.2 Å².